The Kier molecular flexibility index (Phi) is 3.71. The van der Waals surface area contributed by atoms with E-state index in [-0.39, 0.29) is 5.75 Å². The molecule has 0 N–H and O–H groups in total. The SMILES string of the molecule is O=S(=O)(Oc1ccccc1)c1ccccc1C(F)(F)F. The monoisotopic (exact) mass is 302 g/mol. The van der Waals surface area contributed by atoms with Gasteiger partial charge in [-0.3, -0.25) is 0 Å². The Bertz CT molecular complexity index is 694. The number of benzene rings is 2. The van der Waals surface area contributed by atoms with E-state index in [1.807, 2.05) is 0 Å². The van der Waals surface area contributed by atoms with Crippen molar-refractivity contribution in [1.29, 1.82) is 0 Å². The molecule has 0 radical (unpaired) electrons. The van der Waals surface area contributed by atoms with Crippen LogP contribution in [0.15, 0.2) is 59.5 Å². The topological polar surface area (TPSA) is 43.4 Å². The fourth-order valence-corrected chi connectivity index (χ4v) is 2.72. The highest BCUT2D eigenvalue weighted by Gasteiger charge is 2.37. The maximum atomic E-state index is 12.8. The summed E-state index contributed by atoms with van der Waals surface area (Å²) in [6.45, 7) is 0. The van der Waals surface area contributed by atoms with Gasteiger partial charge in [0.1, 0.15) is 10.6 Å². The van der Waals surface area contributed by atoms with Gasteiger partial charge < -0.3 is 4.18 Å². The molecule has 0 saturated carbocycles. The normalized spacial score (nSPS) is 12.2. The van der Waals surface area contributed by atoms with Gasteiger partial charge in [0.15, 0.2) is 0 Å². The van der Waals surface area contributed by atoms with Crippen molar-refractivity contribution in [3.8, 4) is 5.75 Å². The molecule has 2 aromatic rings. The minimum atomic E-state index is -4.77. The third kappa shape index (κ3) is 3.11. The summed E-state index contributed by atoms with van der Waals surface area (Å²) in [5, 5.41) is 0. The van der Waals surface area contributed by atoms with Gasteiger partial charge in [-0.1, -0.05) is 30.3 Å². The Balaban J connectivity index is 2.46. The molecule has 0 amide bonds. The molecule has 2 rings (SSSR count). The molecule has 0 aliphatic heterocycles. The second-order valence-electron chi connectivity index (χ2n) is 3.84. The molecular weight excluding hydrogens is 293 g/mol. The third-order valence-electron chi connectivity index (χ3n) is 2.41. The molecule has 0 bridgehead atoms. The number of halogens is 3. The lowest BCUT2D eigenvalue weighted by Gasteiger charge is -2.13. The van der Waals surface area contributed by atoms with Crippen LogP contribution < -0.4 is 4.18 Å². The van der Waals surface area contributed by atoms with Crippen LogP contribution in [0.1, 0.15) is 5.56 Å². The summed E-state index contributed by atoms with van der Waals surface area (Å²) in [5.74, 6) is -0.0514. The van der Waals surface area contributed by atoms with Crippen LogP contribution >= 0.6 is 0 Å². The Morgan fingerprint density at radius 2 is 1.40 bits per heavy atom. The van der Waals surface area contributed by atoms with Gasteiger partial charge in [-0.25, -0.2) is 0 Å². The summed E-state index contributed by atoms with van der Waals surface area (Å²) in [5.41, 5.74) is -1.25. The van der Waals surface area contributed by atoms with E-state index in [0.717, 1.165) is 12.1 Å². The molecule has 3 nitrogen and oxygen atoms in total. The van der Waals surface area contributed by atoms with Gasteiger partial charge >= 0.3 is 16.3 Å². The first-order valence-corrected chi connectivity index (χ1v) is 6.87. The minimum Gasteiger partial charge on any atom is -0.379 e. The highest BCUT2D eigenvalue weighted by atomic mass is 32.2. The first-order valence-electron chi connectivity index (χ1n) is 5.46. The number of hydrogen-bond donors (Lipinski definition) is 0. The van der Waals surface area contributed by atoms with Crippen molar-refractivity contribution in [2.24, 2.45) is 0 Å². The second kappa shape index (κ2) is 5.16. The van der Waals surface area contributed by atoms with Crippen LogP contribution in [0.5, 0.6) is 5.75 Å². The van der Waals surface area contributed by atoms with E-state index in [1.165, 1.54) is 30.3 Å². The van der Waals surface area contributed by atoms with Crippen molar-refractivity contribution in [2.75, 3.05) is 0 Å². The summed E-state index contributed by atoms with van der Waals surface area (Å²) in [4.78, 5) is -0.906. The molecule has 0 saturated heterocycles. The smallest absolute Gasteiger partial charge is 0.379 e. The molecule has 0 aromatic heterocycles. The number of rotatable bonds is 3. The first kappa shape index (κ1) is 14.4. The van der Waals surface area contributed by atoms with Gasteiger partial charge in [-0.2, -0.15) is 21.6 Å². The predicted octanol–water partition coefficient (Wildman–Crippen LogP) is 3.47. The van der Waals surface area contributed by atoms with Gasteiger partial charge in [0.25, 0.3) is 0 Å². The largest absolute Gasteiger partial charge is 0.417 e. The van der Waals surface area contributed by atoms with Crippen molar-refractivity contribution < 1.29 is 25.8 Å². The standard InChI is InChI=1S/C13H9F3O3S/c14-13(15,16)11-8-4-5-9-12(11)20(17,18)19-10-6-2-1-3-7-10/h1-9H. The van der Waals surface area contributed by atoms with E-state index >= 15 is 0 Å². The van der Waals surface area contributed by atoms with Crippen molar-refractivity contribution >= 4 is 10.1 Å². The van der Waals surface area contributed by atoms with Crippen molar-refractivity contribution in [3.63, 3.8) is 0 Å². The van der Waals surface area contributed by atoms with Crippen LogP contribution in [0, 0.1) is 0 Å². The van der Waals surface area contributed by atoms with Crippen molar-refractivity contribution in [3.05, 3.63) is 60.2 Å². The van der Waals surface area contributed by atoms with Crippen LogP contribution in [0.25, 0.3) is 0 Å². The molecule has 106 valence electrons. The Morgan fingerprint density at radius 1 is 0.850 bits per heavy atom. The predicted molar refractivity (Wildman–Crippen MR) is 65.7 cm³/mol. The Labute approximate surface area is 113 Å². The Hall–Kier alpha value is -2.02. The van der Waals surface area contributed by atoms with Crippen LogP contribution in [-0.4, -0.2) is 8.42 Å². The minimum absolute atomic E-state index is 0.0514. The average Bonchev–Trinajstić information content (AvgIpc) is 2.38. The molecule has 0 fully saturated rings. The summed E-state index contributed by atoms with van der Waals surface area (Å²) < 4.78 is 67.0. The van der Waals surface area contributed by atoms with E-state index in [9.17, 15) is 21.6 Å². The lowest BCUT2D eigenvalue weighted by molar-refractivity contribution is -0.139. The number of para-hydroxylation sites is 1. The fraction of sp³-hybridized carbons (Fsp3) is 0.0769. The molecule has 0 aliphatic rings. The molecule has 0 heterocycles. The highest BCUT2D eigenvalue weighted by Crippen LogP contribution is 2.34. The zero-order valence-corrected chi connectivity index (χ0v) is 10.8. The summed E-state index contributed by atoms with van der Waals surface area (Å²) in [7, 11) is -4.55. The summed E-state index contributed by atoms with van der Waals surface area (Å²) >= 11 is 0. The lowest BCUT2D eigenvalue weighted by Crippen LogP contribution is -2.17. The molecule has 0 atom stereocenters. The zero-order valence-electron chi connectivity index (χ0n) is 9.96. The molecule has 20 heavy (non-hydrogen) atoms. The van der Waals surface area contributed by atoms with E-state index in [0.29, 0.717) is 6.07 Å². The lowest BCUT2D eigenvalue weighted by atomic mass is 10.2. The molecule has 0 spiro atoms. The third-order valence-corrected chi connectivity index (χ3v) is 3.72. The maximum Gasteiger partial charge on any atom is 0.417 e. The van der Waals surface area contributed by atoms with Crippen molar-refractivity contribution in [1.82, 2.24) is 0 Å². The fourth-order valence-electron chi connectivity index (χ4n) is 1.57. The molecular formula is C13H9F3O3S. The molecule has 0 aliphatic carbocycles. The average molecular weight is 302 g/mol. The second-order valence-corrected chi connectivity index (χ2v) is 5.36. The van der Waals surface area contributed by atoms with Gasteiger partial charge in [0.05, 0.1) is 5.56 Å². The number of alkyl halides is 3. The maximum absolute atomic E-state index is 12.8. The van der Waals surface area contributed by atoms with Crippen LogP contribution in [0.2, 0.25) is 0 Å². The van der Waals surface area contributed by atoms with E-state index in [2.05, 4.69) is 0 Å². The van der Waals surface area contributed by atoms with Crippen LogP contribution in [-0.2, 0) is 16.3 Å². The first-order chi connectivity index (χ1) is 9.31. The van der Waals surface area contributed by atoms with Crippen LogP contribution in [0.4, 0.5) is 13.2 Å². The number of hydrogen-bond acceptors (Lipinski definition) is 3. The molecule has 0 unspecified atom stereocenters. The van der Waals surface area contributed by atoms with Gasteiger partial charge in [0, 0.05) is 0 Å². The highest BCUT2D eigenvalue weighted by molar-refractivity contribution is 7.87. The van der Waals surface area contributed by atoms with E-state index < -0.39 is 26.8 Å². The molecule has 2 aromatic carbocycles. The van der Waals surface area contributed by atoms with E-state index in [4.69, 9.17) is 4.18 Å². The summed E-state index contributed by atoms with van der Waals surface area (Å²) in [6, 6.07) is 11.2. The van der Waals surface area contributed by atoms with Crippen LogP contribution in [0.3, 0.4) is 0 Å². The van der Waals surface area contributed by atoms with E-state index in [1.54, 1.807) is 6.07 Å². The van der Waals surface area contributed by atoms with Gasteiger partial charge in [-0.05, 0) is 24.3 Å². The van der Waals surface area contributed by atoms with Crippen molar-refractivity contribution in [2.45, 2.75) is 11.1 Å². The van der Waals surface area contributed by atoms with Gasteiger partial charge in [0.2, 0.25) is 0 Å². The Morgan fingerprint density at radius 3 is 2.00 bits per heavy atom. The summed E-state index contributed by atoms with van der Waals surface area (Å²) in [6.07, 6.45) is -4.77. The van der Waals surface area contributed by atoms with Gasteiger partial charge in [-0.15, -0.1) is 0 Å². The quantitative estimate of drug-likeness (QED) is 0.815. The zero-order chi connectivity index (χ0) is 14.8. The molecule has 7 heteroatoms.